The molecular formula is C11H18O3. The van der Waals surface area contributed by atoms with E-state index in [9.17, 15) is 9.90 Å². The number of aliphatic carboxylic acids is 1. The van der Waals surface area contributed by atoms with Crippen molar-refractivity contribution in [3.63, 3.8) is 0 Å². The zero-order valence-corrected chi connectivity index (χ0v) is 9.00. The Hall–Kier alpha value is -0.830. The van der Waals surface area contributed by atoms with Crippen LogP contribution in [0.25, 0.3) is 0 Å². The van der Waals surface area contributed by atoms with E-state index in [1.807, 2.05) is 20.8 Å². The van der Waals surface area contributed by atoms with E-state index >= 15 is 0 Å². The molecule has 1 aliphatic carbocycles. The molecule has 2 N–H and O–H groups in total. The van der Waals surface area contributed by atoms with Crippen molar-refractivity contribution in [2.45, 2.75) is 39.7 Å². The van der Waals surface area contributed by atoms with Gasteiger partial charge in [0.15, 0.2) is 6.10 Å². The number of carboxylic acids is 1. The molecule has 0 aliphatic heterocycles. The first-order chi connectivity index (χ1) is 6.23. The smallest absolute Gasteiger partial charge is 0.333 e. The molecule has 3 nitrogen and oxygen atoms in total. The summed E-state index contributed by atoms with van der Waals surface area (Å²) in [6.07, 6.45) is 0.178. The molecule has 2 atom stereocenters. The lowest BCUT2D eigenvalue weighted by Gasteiger charge is -2.40. The predicted octanol–water partition coefficient (Wildman–Crippen LogP) is 1.81. The Morgan fingerprint density at radius 1 is 1.50 bits per heavy atom. The molecular weight excluding hydrogens is 180 g/mol. The van der Waals surface area contributed by atoms with Crippen molar-refractivity contribution in [1.82, 2.24) is 0 Å². The van der Waals surface area contributed by atoms with Gasteiger partial charge in [0.2, 0.25) is 0 Å². The third kappa shape index (κ3) is 1.27. The van der Waals surface area contributed by atoms with Gasteiger partial charge in [-0.2, -0.15) is 0 Å². The Bertz CT molecular complexity index is 280. The Labute approximate surface area is 84.4 Å². The number of hydrogen-bond donors (Lipinski definition) is 2. The van der Waals surface area contributed by atoms with Crippen LogP contribution < -0.4 is 0 Å². The van der Waals surface area contributed by atoms with Crippen LogP contribution >= 0.6 is 0 Å². The van der Waals surface area contributed by atoms with E-state index in [1.165, 1.54) is 0 Å². The summed E-state index contributed by atoms with van der Waals surface area (Å²) in [6, 6.07) is 0. The second-order valence-electron chi connectivity index (χ2n) is 4.89. The molecule has 1 fully saturated rings. The van der Waals surface area contributed by atoms with Gasteiger partial charge in [-0.3, -0.25) is 0 Å². The molecule has 0 aromatic rings. The molecule has 3 heteroatoms. The highest BCUT2D eigenvalue weighted by atomic mass is 16.4. The zero-order valence-electron chi connectivity index (χ0n) is 9.00. The molecule has 1 saturated carbocycles. The maximum absolute atomic E-state index is 10.8. The monoisotopic (exact) mass is 198 g/mol. The number of hydrogen-bond acceptors (Lipinski definition) is 2. The molecule has 0 bridgehead atoms. The third-order valence-corrected chi connectivity index (χ3v) is 4.10. The molecule has 1 aliphatic rings. The standard InChI is InChI=1S/C11H18O3/c1-7-5-6-11(4,10(7,2)3)8(12)9(13)14/h8,12H,1,5-6H2,2-4H3,(H,13,14)/t8-,11-/m1/s1. The lowest BCUT2D eigenvalue weighted by molar-refractivity contribution is -0.157. The van der Waals surface area contributed by atoms with E-state index < -0.39 is 17.5 Å². The van der Waals surface area contributed by atoms with Gasteiger partial charge in [0.25, 0.3) is 0 Å². The van der Waals surface area contributed by atoms with Crippen molar-refractivity contribution in [3.8, 4) is 0 Å². The van der Waals surface area contributed by atoms with Crippen LogP contribution in [0.3, 0.4) is 0 Å². The number of aliphatic hydroxyl groups excluding tert-OH is 1. The molecule has 0 aromatic carbocycles. The van der Waals surface area contributed by atoms with Crippen LogP contribution in [0.4, 0.5) is 0 Å². The number of carboxylic acid groups (broad SMARTS) is 1. The van der Waals surface area contributed by atoms with E-state index in [1.54, 1.807) is 0 Å². The van der Waals surface area contributed by atoms with Gasteiger partial charge in [0, 0.05) is 5.41 Å². The van der Waals surface area contributed by atoms with E-state index in [2.05, 4.69) is 6.58 Å². The van der Waals surface area contributed by atoms with E-state index in [4.69, 9.17) is 5.11 Å². The highest BCUT2D eigenvalue weighted by Gasteiger charge is 2.54. The minimum absolute atomic E-state index is 0.315. The first kappa shape index (κ1) is 11.2. The normalized spacial score (nSPS) is 33.0. The van der Waals surface area contributed by atoms with Gasteiger partial charge in [-0.25, -0.2) is 4.79 Å². The third-order valence-electron chi connectivity index (χ3n) is 4.10. The topological polar surface area (TPSA) is 57.5 Å². The number of carbonyl (C=O) groups is 1. The molecule has 0 radical (unpaired) electrons. The van der Waals surface area contributed by atoms with Gasteiger partial charge < -0.3 is 10.2 Å². The SMILES string of the molecule is C=C1CC[C@](C)([C@H](O)C(=O)O)C1(C)C. The first-order valence-corrected chi connectivity index (χ1v) is 4.82. The molecule has 0 saturated heterocycles. The molecule has 1 rings (SSSR count). The summed E-state index contributed by atoms with van der Waals surface area (Å²) >= 11 is 0. The molecule has 0 heterocycles. The van der Waals surface area contributed by atoms with E-state index in [-0.39, 0.29) is 5.41 Å². The van der Waals surface area contributed by atoms with Gasteiger partial charge >= 0.3 is 5.97 Å². The fraction of sp³-hybridized carbons (Fsp3) is 0.727. The minimum atomic E-state index is -1.31. The molecule has 14 heavy (non-hydrogen) atoms. The molecule has 0 spiro atoms. The summed E-state index contributed by atoms with van der Waals surface area (Å²) in [4.78, 5) is 10.8. The minimum Gasteiger partial charge on any atom is -0.479 e. The summed E-state index contributed by atoms with van der Waals surface area (Å²) in [5.41, 5.74) is 0.112. The van der Waals surface area contributed by atoms with Gasteiger partial charge in [0.1, 0.15) is 0 Å². The number of allylic oxidation sites excluding steroid dienone is 1. The summed E-state index contributed by atoms with van der Waals surface area (Å²) in [7, 11) is 0. The molecule has 0 unspecified atom stereocenters. The van der Waals surface area contributed by atoms with Gasteiger partial charge in [-0.05, 0) is 18.3 Å². The first-order valence-electron chi connectivity index (χ1n) is 4.82. The van der Waals surface area contributed by atoms with Crippen molar-refractivity contribution < 1.29 is 15.0 Å². The lowest BCUT2D eigenvalue weighted by atomic mass is 9.65. The zero-order chi connectivity index (χ0) is 11.1. The van der Waals surface area contributed by atoms with E-state index in [0.717, 1.165) is 12.0 Å². The number of aliphatic hydroxyl groups is 1. The highest BCUT2D eigenvalue weighted by Crippen LogP contribution is 2.56. The predicted molar refractivity (Wildman–Crippen MR) is 53.9 cm³/mol. The molecule has 0 amide bonds. The van der Waals surface area contributed by atoms with Gasteiger partial charge in [0.05, 0.1) is 0 Å². The Kier molecular flexibility index (Phi) is 2.48. The maximum Gasteiger partial charge on any atom is 0.333 e. The van der Waals surface area contributed by atoms with Crippen molar-refractivity contribution in [2.75, 3.05) is 0 Å². The molecule has 80 valence electrons. The quantitative estimate of drug-likeness (QED) is 0.665. The summed E-state index contributed by atoms with van der Waals surface area (Å²) in [5.74, 6) is -1.14. The van der Waals surface area contributed by atoms with Crippen LogP contribution in [0.15, 0.2) is 12.2 Å². The van der Waals surface area contributed by atoms with E-state index in [0.29, 0.717) is 6.42 Å². The second-order valence-corrected chi connectivity index (χ2v) is 4.89. The maximum atomic E-state index is 10.8. The molecule has 0 aromatic heterocycles. The average molecular weight is 198 g/mol. The Morgan fingerprint density at radius 3 is 2.29 bits per heavy atom. The van der Waals surface area contributed by atoms with Gasteiger partial charge in [-0.1, -0.05) is 32.9 Å². The fourth-order valence-corrected chi connectivity index (χ4v) is 2.19. The lowest BCUT2D eigenvalue weighted by Crippen LogP contribution is -2.45. The average Bonchev–Trinajstić information content (AvgIpc) is 2.29. The Balaban J connectivity index is 3.07. The Morgan fingerprint density at radius 2 is 2.00 bits per heavy atom. The van der Waals surface area contributed by atoms with Crippen molar-refractivity contribution in [3.05, 3.63) is 12.2 Å². The van der Waals surface area contributed by atoms with Crippen LogP contribution in [0, 0.1) is 10.8 Å². The van der Waals surface area contributed by atoms with Gasteiger partial charge in [-0.15, -0.1) is 0 Å². The van der Waals surface area contributed by atoms with Crippen LogP contribution in [0.2, 0.25) is 0 Å². The summed E-state index contributed by atoms with van der Waals surface area (Å²) < 4.78 is 0. The fourth-order valence-electron chi connectivity index (χ4n) is 2.19. The van der Waals surface area contributed by atoms with Crippen LogP contribution in [-0.2, 0) is 4.79 Å². The number of rotatable bonds is 2. The van der Waals surface area contributed by atoms with Crippen molar-refractivity contribution >= 4 is 5.97 Å². The van der Waals surface area contributed by atoms with Crippen LogP contribution in [0.5, 0.6) is 0 Å². The highest BCUT2D eigenvalue weighted by molar-refractivity contribution is 5.73. The second kappa shape index (κ2) is 3.09. The summed E-state index contributed by atoms with van der Waals surface area (Å²) in [5, 5.41) is 18.5. The van der Waals surface area contributed by atoms with Crippen LogP contribution in [0.1, 0.15) is 33.6 Å². The summed E-state index contributed by atoms with van der Waals surface area (Å²) in [6.45, 7) is 9.67. The largest absolute Gasteiger partial charge is 0.479 e. The van der Waals surface area contributed by atoms with Crippen molar-refractivity contribution in [1.29, 1.82) is 0 Å². The van der Waals surface area contributed by atoms with Crippen molar-refractivity contribution in [2.24, 2.45) is 10.8 Å². The van der Waals surface area contributed by atoms with Crippen LogP contribution in [-0.4, -0.2) is 22.3 Å².